The van der Waals surface area contributed by atoms with Crippen LogP contribution in [0.2, 0.25) is 0 Å². The quantitative estimate of drug-likeness (QED) is 0.388. The molecule has 0 heterocycles. The second-order valence-corrected chi connectivity index (χ2v) is 5.25. The Balaban J connectivity index is 2.34. The molecule has 0 aliphatic rings. The van der Waals surface area contributed by atoms with Crippen LogP contribution in [0.4, 0.5) is 0 Å². The van der Waals surface area contributed by atoms with E-state index in [0.29, 0.717) is 11.5 Å². The van der Waals surface area contributed by atoms with Gasteiger partial charge in [-0.05, 0) is 31.2 Å². The van der Waals surface area contributed by atoms with Gasteiger partial charge < -0.3 is 28.4 Å². The zero-order chi connectivity index (χ0) is 20.9. The Kier molecular flexibility index (Phi) is 9.87. The molecule has 0 aliphatic carbocycles. The second-order valence-electron chi connectivity index (χ2n) is 5.25. The first-order valence-corrected chi connectivity index (χ1v) is 8.21. The first-order chi connectivity index (χ1) is 13.3. The molecule has 10 heteroatoms. The summed E-state index contributed by atoms with van der Waals surface area (Å²) in [5.41, 5.74) is 0. The van der Waals surface area contributed by atoms with E-state index in [1.54, 1.807) is 24.3 Å². The molecule has 1 rings (SSSR count). The summed E-state index contributed by atoms with van der Waals surface area (Å²) in [6.07, 6.45) is -0.973. The normalized spacial score (nSPS) is 11.0. The Labute approximate surface area is 161 Å². The molecule has 154 valence electrons. The average Bonchev–Trinajstić information content (AvgIpc) is 2.70. The van der Waals surface area contributed by atoms with E-state index in [2.05, 4.69) is 14.2 Å². The summed E-state index contributed by atoms with van der Waals surface area (Å²) in [5, 5.41) is 0. The van der Waals surface area contributed by atoms with E-state index in [1.165, 1.54) is 21.1 Å². The highest BCUT2D eigenvalue weighted by Crippen LogP contribution is 2.19. The van der Waals surface area contributed by atoms with Gasteiger partial charge in [-0.3, -0.25) is 4.79 Å². The summed E-state index contributed by atoms with van der Waals surface area (Å²) in [6, 6.07) is 6.30. The molecule has 1 unspecified atom stereocenters. The summed E-state index contributed by atoms with van der Waals surface area (Å²) in [4.78, 5) is 44.9. The third-order valence-electron chi connectivity index (χ3n) is 3.18. The molecule has 0 saturated carbocycles. The highest BCUT2D eigenvalue weighted by molar-refractivity contribution is 5.79. The molecule has 0 amide bonds. The number of hydrogen-bond acceptors (Lipinski definition) is 10. The summed E-state index contributed by atoms with van der Waals surface area (Å²) in [5.74, 6) is -1.77. The molecule has 0 N–H and O–H groups in total. The number of benzene rings is 1. The van der Waals surface area contributed by atoms with Gasteiger partial charge in [-0.15, -0.1) is 0 Å². The van der Waals surface area contributed by atoms with Crippen molar-refractivity contribution in [1.82, 2.24) is 0 Å². The number of carbonyl (C=O) groups is 4. The Morgan fingerprint density at radius 1 is 0.821 bits per heavy atom. The molecule has 0 bridgehead atoms. The van der Waals surface area contributed by atoms with E-state index in [0.717, 1.165) is 0 Å². The third kappa shape index (κ3) is 8.88. The van der Waals surface area contributed by atoms with E-state index in [9.17, 15) is 19.2 Å². The molecule has 10 nitrogen and oxygen atoms in total. The number of methoxy groups -OCH3 is 2. The van der Waals surface area contributed by atoms with Crippen molar-refractivity contribution in [3.05, 3.63) is 24.3 Å². The van der Waals surface area contributed by atoms with Crippen molar-refractivity contribution in [2.75, 3.05) is 34.0 Å². The van der Waals surface area contributed by atoms with Gasteiger partial charge in [0, 0.05) is 0 Å². The Hall–Kier alpha value is -3.30. The second kappa shape index (κ2) is 12.2. The number of rotatable bonds is 11. The minimum Gasteiger partial charge on any atom is -0.493 e. The van der Waals surface area contributed by atoms with Gasteiger partial charge in [0.05, 0.1) is 27.2 Å². The molecule has 1 aromatic carbocycles. The van der Waals surface area contributed by atoms with E-state index >= 15 is 0 Å². The van der Waals surface area contributed by atoms with Crippen LogP contribution in [0.3, 0.4) is 0 Å². The van der Waals surface area contributed by atoms with E-state index < -0.39 is 43.2 Å². The largest absolute Gasteiger partial charge is 0.493 e. The minimum atomic E-state index is -0.930. The maximum absolute atomic E-state index is 11.7. The summed E-state index contributed by atoms with van der Waals surface area (Å²) in [7, 11) is 2.38. The number of hydrogen-bond donors (Lipinski definition) is 0. The van der Waals surface area contributed by atoms with E-state index in [4.69, 9.17) is 14.2 Å². The van der Waals surface area contributed by atoms with Crippen LogP contribution in [0.15, 0.2) is 24.3 Å². The molecule has 1 atom stereocenters. The zero-order valence-electron chi connectivity index (χ0n) is 15.8. The molecule has 0 saturated heterocycles. The van der Waals surface area contributed by atoms with Gasteiger partial charge in [-0.25, -0.2) is 14.4 Å². The summed E-state index contributed by atoms with van der Waals surface area (Å²) >= 11 is 0. The van der Waals surface area contributed by atoms with Gasteiger partial charge in [0.1, 0.15) is 11.5 Å². The van der Waals surface area contributed by atoms with Gasteiger partial charge >= 0.3 is 23.9 Å². The highest BCUT2D eigenvalue weighted by Gasteiger charge is 2.18. The predicted octanol–water partition coefficient (Wildman–Crippen LogP) is 0.655. The van der Waals surface area contributed by atoms with Crippen LogP contribution in [0.25, 0.3) is 0 Å². The number of carbonyl (C=O) groups excluding carboxylic acids is 4. The van der Waals surface area contributed by atoms with Gasteiger partial charge in [-0.1, -0.05) is 0 Å². The van der Waals surface area contributed by atoms with Crippen molar-refractivity contribution in [3.63, 3.8) is 0 Å². The van der Waals surface area contributed by atoms with Crippen LogP contribution >= 0.6 is 0 Å². The molecule has 0 aliphatic heterocycles. The topological polar surface area (TPSA) is 124 Å². The predicted molar refractivity (Wildman–Crippen MR) is 92.6 cm³/mol. The first kappa shape index (κ1) is 22.7. The van der Waals surface area contributed by atoms with Gasteiger partial charge in [0.2, 0.25) is 0 Å². The fourth-order valence-electron chi connectivity index (χ4n) is 1.70. The highest BCUT2D eigenvalue weighted by atomic mass is 16.6. The number of esters is 4. The van der Waals surface area contributed by atoms with Crippen LogP contribution in [0.1, 0.15) is 13.3 Å². The van der Waals surface area contributed by atoms with Crippen LogP contribution < -0.4 is 9.47 Å². The molecule has 0 aromatic heterocycles. The molecule has 0 fully saturated rings. The van der Waals surface area contributed by atoms with Crippen molar-refractivity contribution in [2.45, 2.75) is 19.4 Å². The van der Waals surface area contributed by atoms with Crippen molar-refractivity contribution in [3.8, 4) is 11.5 Å². The Morgan fingerprint density at radius 2 is 1.36 bits per heavy atom. The van der Waals surface area contributed by atoms with Crippen molar-refractivity contribution >= 4 is 23.9 Å². The fraction of sp³-hybridized carbons (Fsp3) is 0.444. The fourth-order valence-corrected chi connectivity index (χ4v) is 1.70. The molecule has 28 heavy (non-hydrogen) atoms. The van der Waals surface area contributed by atoms with Crippen LogP contribution in [0.5, 0.6) is 11.5 Å². The maximum atomic E-state index is 11.7. The van der Waals surface area contributed by atoms with Gasteiger partial charge in [0.15, 0.2) is 19.3 Å². The van der Waals surface area contributed by atoms with E-state index in [1.807, 2.05) is 0 Å². The Morgan fingerprint density at radius 3 is 1.93 bits per heavy atom. The summed E-state index contributed by atoms with van der Waals surface area (Å²) in [6.45, 7) is 0.597. The smallest absolute Gasteiger partial charge is 0.347 e. The van der Waals surface area contributed by atoms with Gasteiger partial charge in [0.25, 0.3) is 0 Å². The van der Waals surface area contributed by atoms with Crippen molar-refractivity contribution in [1.29, 1.82) is 0 Å². The first-order valence-electron chi connectivity index (χ1n) is 8.21. The maximum Gasteiger partial charge on any atom is 0.347 e. The lowest BCUT2D eigenvalue weighted by Gasteiger charge is -2.14. The average molecular weight is 398 g/mol. The molecular formula is C18H22O10. The molecular weight excluding hydrogens is 376 g/mol. The number of ether oxygens (including phenoxy) is 6. The molecule has 0 radical (unpaired) electrons. The van der Waals surface area contributed by atoms with Crippen LogP contribution in [-0.2, 0) is 38.1 Å². The SMILES string of the molecule is COC(=O)COC(=O)CCOc1ccc(OC(C)C(=O)OCC(=O)OC)cc1. The van der Waals surface area contributed by atoms with Crippen LogP contribution in [0, 0.1) is 0 Å². The minimum absolute atomic E-state index is 0.0433. The summed E-state index contributed by atoms with van der Waals surface area (Å²) < 4.78 is 28.9. The lowest BCUT2D eigenvalue weighted by atomic mass is 10.3. The zero-order valence-corrected chi connectivity index (χ0v) is 15.8. The third-order valence-corrected chi connectivity index (χ3v) is 3.18. The monoisotopic (exact) mass is 398 g/mol. The van der Waals surface area contributed by atoms with Gasteiger partial charge in [-0.2, -0.15) is 0 Å². The van der Waals surface area contributed by atoms with E-state index in [-0.39, 0.29) is 13.0 Å². The van der Waals surface area contributed by atoms with Crippen molar-refractivity contribution in [2.24, 2.45) is 0 Å². The standard InChI is InChI=1S/C18H22O10/c1-12(18(22)27-11-17(21)24-3)28-14-6-4-13(5-7-14)25-9-8-15(19)26-10-16(20)23-2/h4-7,12H,8-11H2,1-3H3. The van der Waals surface area contributed by atoms with Crippen molar-refractivity contribution < 1.29 is 47.6 Å². The lowest BCUT2D eigenvalue weighted by molar-refractivity contribution is -0.161. The van der Waals surface area contributed by atoms with Crippen LogP contribution in [-0.4, -0.2) is 64.0 Å². The lowest BCUT2D eigenvalue weighted by Crippen LogP contribution is -2.28. The molecule has 0 spiro atoms. The Bertz CT molecular complexity index is 667. The molecule has 1 aromatic rings.